The van der Waals surface area contributed by atoms with Crippen molar-refractivity contribution in [1.82, 2.24) is 0 Å². The van der Waals surface area contributed by atoms with Gasteiger partial charge in [0.15, 0.2) is 0 Å². The van der Waals surface area contributed by atoms with E-state index < -0.39 is 0 Å². The number of hydrogen-bond acceptors (Lipinski definition) is 4. The highest BCUT2D eigenvalue weighted by molar-refractivity contribution is 5.80. The Morgan fingerprint density at radius 3 is 3.12 bits per heavy atom. The van der Waals surface area contributed by atoms with E-state index in [9.17, 15) is 4.79 Å². The summed E-state index contributed by atoms with van der Waals surface area (Å²) in [6.07, 6.45) is 0. The van der Waals surface area contributed by atoms with Crippen LogP contribution in [0, 0.1) is 0 Å². The molecule has 0 amide bonds. The molecule has 1 aliphatic rings. The summed E-state index contributed by atoms with van der Waals surface area (Å²) >= 11 is 0. The van der Waals surface area contributed by atoms with Crippen LogP contribution in [0.1, 0.15) is 24.0 Å². The number of carbonyl (C=O) groups excluding carboxylic acids is 1. The van der Waals surface area contributed by atoms with E-state index in [1.165, 1.54) is 0 Å². The molecule has 0 aliphatic carbocycles. The standard InChI is InChI=1S/C12H14O4/c1-2-15-12(14)10-7-16-11-4-3-8(6-13)5-9(10)11/h3-5,10,13H,2,6-7H2,1H3. The van der Waals surface area contributed by atoms with Crippen LogP contribution in [0.3, 0.4) is 0 Å². The summed E-state index contributed by atoms with van der Waals surface area (Å²) in [5.74, 6) is 0.0769. The molecular formula is C12H14O4. The Bertz CT molecular complexity index is 400. The van der Waals surface area contributed by atoms with Crippen molar-refractivity contribution >= 4 is 5.97 Å². The van der Waals surface area contributed by atoms with Crippen molar-refractivity contribution in [2.45, 2.75) is 19.4 Å². The minimum atomic E-state index is -0.360. The molecule has 0 bridgehead atoms. The SMILES string of the molecule is CCOC(=O)C1COc2ccc(CO)cc21. The predicted octanol–water partition coefficient (Wildman–Crippen LogP) is 1.22. The second-order valence-corrected chi connectivity index (χ2v) is 3.65. The van der Waals surface area contributed by atoms with Crippen molar-refractivity contribution in [2.24, 2.45) is 0 Å². The van der Waals surface area contributed by atoms with Gasteiger partial charge in [0.1, 0.15) is 18.3 Å². The number of rotatable bonds is 3. The molecule has 0 saturated heterocycles. The number of aliphatic hydroxyl groups is 1. The van der Waals surface area contributed by atoms with E-state index in [2.05, 4.69) is 0 Å². The summed E-state index contributed by atoms with van der Waals surface area (Å²) in [6, 6.07) is 5.36. The molecule has 0 fully saturated rings. The maximum absolute atomic E-state index is 11.6. The highest BCUT2D eigenvalue weighted by atomic mass is 16.5. The van der Waals surface area contributed by atoms with Crippen molar-refractivity contribution in [3.05, 3.63) is 29.3 Å². The van der Waals surface area contributed by atoms with Crippen molar-refractivity contribution in [3.63, 3.8) is 0 Å². The van der Waals surface area contributed by atoms with Crippen LogP contribution in [0.4, 0.5) is 0 Å². The molecule has 4 heteroatoms. The molecule has 0 radical (unpaired) electrons. The molecule has 1 heterocycles. The van der Waals surface area contributed by atoms with Crippen molar-refractivity contribution in [2.75, 3.05) is 13.2 Å². The van der Waals surface area contributed by atoms with Crippen LogP contribution in [-0.4, -0.2) is 24.3 Å². The number of esters is 1. The first kappa shape index (κ1) is 11.0. The molecule has 0 spiro atoms. The highest BCUT2D eigenvalue weighted by Crippen LogP contribution is 2.35. The molecule has 1 atom stereocenters. The summed E-state index contributed by atoms with van der Waals surface area (Å²) in [7, 11) is 0. The fourth-order valence-corrected chi connectivity index (χ4v) is 1.80. The number of carbonyl (C=O) groups is 1. The average Bonchev–Trinajstić information content (AvgIpc) is 2.71. The maximum Gasteiger partial charge on any atom is 0.317 e. The topological polar surface area (TPSA) is 55.8 Å². The van der Waals surface area contributed by atoms with Crippen molar-refractivity contribution in [1.29, 1.82) is 0 Å². The molecule has 1 aromatic rings. The van der Waals surface area contributed by atoms with Crippen LogP contribution < -0.4 is 4.74 Å². The summed E-state index contributed by atoms with van der Waals surface area (Å²) in [5, 5.41) is 9.04. The molecule has 16 heavy (non-hydrogen) atoms. The van der Waals surface area contributed by atoms with Crippen LogP contribution in [0.5, 0.6) is 5.75 Å². The highest BCUT2D eigenvalue weighted by Gasteiger charge is 2.31. The first-order chi connectivity index (χ1) is 7.76. The first-order valence-electron chi connectivity index (χ1n) is 5.29. The van der Waals surface area contributed by atoms with E-state index in [-0.39, 0.29) is 18.5 Å². The Morgan fingerprint density at radius 2 is 2.44 bits per heavy atom. The Labute approximate surface area is 93.8 Å². The normalized spacial score (nSPS) is 17.8. The quantitative estimate of drug-likeness (QED) is 0.781. The fourth-order valence-electron chi connectivity index (χ4n) is 1.80. The zero-order chi connectivity index (χ0) is 11.5. The van der Waals surface area contributed by atoms with Gasteiger partial charge >= 0.3 is 5.97 Å². The smallest absolute Gasteiger partial charge is 0.317 e. The number of benzene rings is 1. The third-order valence-corrected chi connectivity index (χ3v) is 2.61. The molecule has 86 valence electrons. The molecule has 1 N–H and O–H groups in total. The lowest BCUT2D eigenvalue weighted by Gasteiger charge is -2.08. The van der Waals surface area contributed by atoms with Crippen LogP contribution >= 0.6 is 0 Å². The third-order valence-electron chi connectivity index (χ3n) is 2.61. The molecule has 0 aromatic heterocycles. The van der Waals surface area contributed by atoms with Gasteiger partial charge in [-0.05, 0) is 24.6 Å². The van der Waals surface area contributed by atoms with E-state index in [4.69, 9.17) is 14.6 Å². The number of fused-ring (bicyclic) bond motifs is 1. The molecule has 1 aromatic carbocycles. The van der Waals surface area contributed by atoms with Crippen molar-refractivity contribution < 1.29 is 19.4 Å². The molecule has 1 unspecified atom stereocenters. The van der Waals surface area contributed by atoms with Gasteiger partial charge in [0, 0.05) is 5.56 Å². The zero-order valence-corrected chi connectivity index (χ0v) is 9.10. The summed E-state index contributed by atoms with van der Waals surface area (Å²) in [4.78, 5) is 11.6. The largest absolute Gasteiger partial charge is 0.492 e. The summed E-state index contributed by atoms with van der Waals surface area (Å²) < 4.78 is 10.4. The zero-order valence-electron chi connectivity index (χ0n) is 9.10. The van der Waals surface area contributed by atoms with E-state index in [0.29, 0.717) is 19.0 Å². The Morgan fingerprint density at radius 1 is 1.62 bits per heavy atom. The van der Waals surface area contributed by atoms with E-state index in [1.807, 2.05) is 0 Å². The van der Waals surface area contributed by atoms with Gasteiger partial charge < -0.3 is 14.6 Å². The van der Waals surface area contributed by atoms with Gasteiger partial charge in [0.05, 0.1) is 13.2 Å². The lowest BCUT2D eigenvalue weighted by atomic mass is 9.99. The Balaban J connectivity index is 2.27. The van der Waals surface area contributed by atoms with Gasteiger partial charge in [0.25, 0.3) is 0 Å². The second kappa shape index (κ2) is 4.53. The summed E-state index contributed by atoms with van der Waals surface area (Å²) in [6.45, 7) is 2.43. The van der Waals surface area contributed by atoms with Crippen LogP contribution in [0.25, 0.3) is 0 Å². The summed E-state index contributed by atoms with van der Waals surface area (Å²) in [5.41, 5.74) is 1.59. The Hall–Kier alpha value is -1.55. The van der Waals surface area contributed by atoms with Gasteiger partial charge in [-0.2, -0.15) is 0 Å². The predicted molar refractivity (Wildman–Crippen MR) is 57.2 cm³/mol. The van der Waals surface area contributed by atoms with E-state index >= 15 is 0 Å². The van der Waals surface area contributed by atoms with E-state index in [0.717, 1.165) is 11.1 Å². The number of hydrogen-bond donors (Lipinski definition) is 1. The maximum atomic E-state index is 11.6. The van der Waals surface area contributed by atoms with Gasteiger partial charge in [-0.25, -0.2) is 0 Å². The monoisotopic (exact) mass is 222 g/mol. The van der Waals surface area contributed by atoms with E-state index in [1.54, 1.807) is 25.1 Å². The Kier molecular flexibility index (Phi) is 3.10. The molecule has 4 nitrogen and oxygen atoms in total. The van der Waals surface area contributed by atoms with Crippen molar-refractivity contribution in [3.8, 4) is 5.75 Å². The van der Waals surface area contributed by atoms with Gasteiger partial charge in [-0.15, -0.1) is 0 Å². The second-order valence-electron chi connectivity index (χ2n) is 3.65. The molecule has 0 saturated carbocycles. The molecule has 1 aliphatic heterocycles. The minimum absolute atomic E-state index is 0.0389. The van der Waals surface area contributed by atoms with Crippen LogP contribution in [0.15, 0.2) is 18.2 Å². The third kappa shape index (κ3) is 1.88. The van der Waals surface area contributed by atoms with Crippen LogP contribution in [-0.2, 0) is 16.1 Å². The molecular weight excluding hydrogens is 208 g/mol. The molecule has 2 rings (SSSR count). The van der Waals surface area contributed by atoms with Crippen LogP contribution in [0.2, 0.25) is 0 Å². The van der Waals surface area contributed by atoms with Gasteiger partial charge in [-0.1, -0.05) is 6.07 Å². The fraction of sp³-hybridized carbons (Fsp3) is 0.417. The minimum Gasteiger partial charge on any atom is -0.492 e. The van der Waals surface area contributed by atoms with Gasteiger partial charge in [0.2, 0.25) is 0 Å². The lowest BCUT2D eigenvalue weighted by molar-refractivity contribution is -0.145. The number of ether oxygens (including phenoxy) is 2. The first-order valence-corrected chi connectivity index (χ1v) is 5.29. The number of aliphatic hydroxyl groups excluding tert-OH is 1. The van der Waals surface area contributed by atoms with Gasteiger partial charge in [-0.3, -0.25) is 4.79 Å². The lowest BCUT2D eigenvalue weighted by Crippen LogP contribution is -2.17. The average molecular weight is 222 g/mol.